The lowest BCUT2D eigenvalue weighted by Gasteiger charge is -2.09. The number of carbonyl (C=O) groups excluding carboxylic acids is 1. The van der Waals surface area contributed by atoms with Crippen molar-refractivity contribution in [1.29, 1.82) is 0 Å². The number of methoxy groups -OCH3 is 1. The van der Waals surface area contributed by atoms with E-state index in [9.17, 15) is 4.79 Å². The summed E-state index contributed by atoms with van der Waals surface area (Å²) in [6.45, 7) is 2.54. The average molecular weight is 631 g/mol. The number of hydrogen-bond acceptors (Lipinski definition) is 6. The van der Waals surface area contributed by atoms with Crippen molar-refractivity contribution in [2.24, 2.45) is 0 Å². The molecular formula is C26H21Br2N3O4S. The van der Waals surface area contributed by atoms with Crippen molar-refractivity contribution in [3.05, 3.63) is 75.2 Å². The van der Waals surface area contributed by atoms with Crippen molar-refractivity contribution in [3.8, 4) is 23.0 Å². The summed E-state index contributed by atoms with van der Waals surface area (Å²) in [5.74, 6) is 1.53. The number of aromatic nitrogens is 1. The maximum atomic E-state index is 12.4. The van der Waals surface area contributed by atoms with Gasteiger partial charge in [-0.3, -0.25) is 10.1 Å². The van der Waals surface area contributed by atoms with Gasteiger partial charge in [0, 0.05) is 27.4 Å². The molecule has 4 aromatic rings. The van der Waals surface area contributed by atoms with Crippen molar-refractivity contribution in [2.45, 2.75) is 6.92 Å². The van der Waals surface area contributed by atoms with Crippen LogP contribution in [0.2, 0.25) is 0 Å². The highest BCUT2D eigenvalue weighted by Crippen LogP contribution is 2.33. The third-order valence-electron chi connectivity index (χ3n) is 4.95. The van der Waals surface area contributed by atoms with Crippen molar-refractivity contribution in [1.82, 2.24) is 10.3 Å². The second-order valence-corrected chi connectivity index (χ2v) is 9.62. The number of oxazole rings is 1. The van der Waals surface area contributed by atoms with Crippen molar-refractivity contribution >= 4 is 78.0 Å². The molecule has 0 aliphatic rings. The molecule has 0 aliphatic carbocycles. The van der Waals surface area contributed by atoms with Crippen LogP contribution in [0.3, 0.4) is 0 Å². The van der Waals surface area contributed by atoms with Crippen LogP contribution in [0, 0.1) is 0 Å². The van der Waals surface area contributed by atoms with Gasteiger partial charge < -0.3 is 19.2 Å². The normalized spacial score (nSPS) is 11.0. The SMILES string of the molecule is CCOc1ccc(-c2nc3cc(NC(=S)NC(=O)C=Cc4cc(Br)cc(Br)c4OC)ccc3o2)cc1. The molecule has 3 aromatic carbocycles. The molecule has 0 radical (unpaired) electrons. The molecule has 0 unspecified atom stereocenters. The van der Waals surface area contributed by atoms with E-state index in [1.54, 1.807) is 31.4 Å². The van der Waals surface area contributed by atoms with E-state index >= 15 is 0 Å². The lowest BCUT2D eigenvalue weighted by atomic mass is 10.2. The molecule has 36 heavy (non-hydrogen) atoms. The van der Waals surface area contributed by atoms with Gasteiger partial charge in [-0.25, -0.2) is 4.98 Å². The highest BCUT2D eigenvalue weighted by atomic mass is 79.9. The van der Waals surface area contributed by atoms with Crippen LogP contribution in [-0.2, 0) is 4.79 Å². The predicted molar refractivity (Wildman–Crippen MR) is 152 cm³/mol. The highest BCUT2D eigenvalue weighted by Gasteiger charge is 2.11. The predicted octanol–water partition coefficient (Wildman–Crippen LogP) is 6.95. The third-order valence-corrected chi connectivity index (χ3v) is 6.20. The molecule has 4 rings (SSSR count). The Bertz CT molecular complexity index is 1450. The number of rotatable bonds is 7. The zero-order valence-electron chi connectivity index (χ0n) is 19.3. The molecule has 0 aliphatic heterocycles. The topological polar surface area (TPSA) is 85.6 Å². The van der Waals surface area contributed by atoms with Crippen LogP contribution in [0.15, 0.2) is 74.0 Å². The zero-order chi connectivity index (χ0) is 25.7. The minimum Gasteiger partial charge on any atom is -0.495 e. The van der Waals surface area contributed by atoms with Crippen LogP contribution in [0.5, 0.6) is 11.5 Å². The second-order valence-electron chi connectivity index (χ2n) is 7.45. The van der Waals surface area contributed by atoms with E-state index in [0.717, 1.165) is 25.8 Å². The number of fused-ring (bicyclic) bond motifs is 1. The quantitative estimate of drug-likeness (QED) is 0.169. The number of halogens is 2. The lowest BCUT2D eigenvalue weighted by Crippen LogP contribution is -2.32. The third kappa shape index (κ3) is 6.31. The van der Waals surface area contributed by atoms with Gasteiger partial charge in [0.1, 0.15) is 17.0 Å². The van der Waals surface area contributed by atoms with Crippen LogP contribution in [0.25, 0.3) is 28.6 Å². The van der Waals surface area contributed by atoms with Crippen LogP contribution >= 0.6 is 44.1 Å². The molecule has 0 atom stereocenters. The maximum Gasteiger partial charge on any atom is 0.250 e. The Labute approximate surface area is 230 Å². The minimum atomic E-state index is -0.383. The first-order valence-corrected chi connectivity index (χ1v) is 12.8. The van der Waals surface area contributed by atoms with Crippen molar-refractivity contribution in [3.63, 3.8) is 0 Å². The van der Waals surface area contributed by atoms with Crippen LogP contribution in [0.4, 0.5) is 5.69 Å². The zero-order valence-corrected chi connectivity index (χ0v) is 23.3. The Kier molecular flexibility index (Phi) is 8.40. The van der Waals surface area contributed by atoms with Crippen LogP contribution < -0.4 is 20.1 Å². The number of thiocarbonyl (C=S) groups is 1. The fourth-order valence-electron chi connectivity index (χ4n) is 3.39. The molecule has 1 aromatic heterocycles. The molecule has 0 saturated carbocycles. The molecule has 184 valence electrons. The number of carbonyl (C=O) groups is 1. The summed E-state index contributed by atoms with van der Waals surface area (Å²) in [4.78, 5) is 17.0. The maximum absolute atomic E-state index is 12.4. The van der Waals surface area contributed by atoms with E-state index in [2.05, 4.69) is 47.5 Å². The summed E-state index contributed by atoms with van der Waals surface area (Å²) in [7, 11) is 1.57. The molecule has 0 bridgehead atoms. The number of benzene rings is 3. The number of ether oxygens (including phenoxy) is 2. The average Bonchev–Trinajstić information content (AvgIpc) is 3.26. The number of nitrogens with one attached hydrogen (secondary N) is 2. The number of amides is 1. The Morgan fingerprint density at radius 3 is 2.64 bits per heavy atom. The van der Waals surface area contributed by atoms with Gasteiger partial charge in [-0.15, -0.1) is 0 Å². The summed E-state index contributed by atoms with van der Waals surface area (Å²) in [6.07, 6.45) is 3.03. The lowest BCUT2D eigenvalue weighted by molar-refractivity contribution is -0.115. The van der Waals surface area contributed by atoms with Gasteiger partial charge in [-0.05, 0) is 95.7 Å². The van der Waals surface area contributed by atoms with Gasteiger partial charge in [0.05, 0.1) is 18.2 Å². The molecule has 10 heteroatoms. The first-order valence-electron chi connectivity index (χ1n) is 10.8. The van der Waals surface area contributed by atoms with Crippen LogP contribution in [0.1, 0.15) is 12.5 Å². The number of anilines is 1. The van der Waals surface area contributed by atoms with Gasteiger partial charge in [0.2, 0.25) is 11.8 Å². The van der Waals surface area contributed by atoms with Crippen LogP contribution in [-0.4, -0.2) is 29.7 Å². The smallest absolute Gasteiger partial charge is 0.250 e. The van der Waals surface area contributed by atoms with Gasteiger partial charge in [-0.1, -0.05) is 15.9 Å². The molecule has 1 heterocycles. The second kappa shape index (κ2) is 11.7. The summed E-state index contributed by atoms with van der Waals surface area (Å²) < 4.78 is 18.4. The standard InChI is InChI=1S/C26H21Br2N3O4S/c1-3-34-19-8-4-15(5-9-19)25-30-21-14-18(7-10-22(21)35-25)29-26(36)31-23(32)11-6-16-12-17(27)13-20(28)24(16)33-2/h4-14H,3H2,1-2H3,(H2,29,31,32,36). The van der Waals surface area contributed by atoms with Crippen molar-refractivity contribution in [2.75, 3.05) is 19.0 Å². The molecular weight excluding hydrogens is 610 g/mol. The summed E-state index contributed by atoms with van der Waals surface area (Å²) in [5, 5.41) is 5.79. The number of hydrogen-bond donors (Lipinski definition) is 2. The molecule has 0 fully saturated rings. The fraction of sp³-hybridized carbons (Fsp3) is 0.115. The Morgan fingerprint density at radius 2 is 1.92 bits per heavy atom. The first-order chi connectivity index (χ1) is 17.4. The minimum absolute atomic E-state index is 0.154. The van der Waals surface area contributed by atoms with E-state index < -0.39 is 0 Å². The van der Waals surface area contributed by atoms with E-state index in [4.69, 9.17) is 26.1 Å². The molecule has 0 spiro atoms. The molecule has 1 amide bonds. The van der Waals surface area contributed by atoms with Gasteiger partial charge >= 0.3 is 0 Å². The summed E-state index contributed by atoms with van der Waals surface area (Å²) >= 11 is 12.2. The van der Waals surface area contributed by atoms with E-state index in [1.807, 2.05) is 43.3 Å². The number of nitrogens with zero attached hydrogens (tertiary/aromatic N) is 1. The summed E-state index contributed by atoms with van der Waals surface area (Å²) in [6, 6.07) is 16.7. The Hall–Kier alpha value is -3.21. The summed E-state index contributed by atoms with van der Waals surface area (Å²) in [5.41, 5.74) is 3.53. The highest BCUT2D eigenvalue weighted by molar-refractivity contribution is 9.11. The van der Waals surface area contributed by atoms with E-state index in [0.29, 0.717) is 35.0 Å². The molecule has 7 nitrogen and oxygen atoms in total. The fourth-order valence-corrected chi connectivity index (χ4v) is 5.03. The Morgan fingerprint density at radius 1 is 1.14 bits per heavy atom. The largest absolute Gasteiger partial charge is 0.495 e. The van der Waals surface area contributed by atoms with E-state index in [-0.39, 0.29) is 11.0 Å². The monoisotopic (exact) mass is 629 g/mol. The van der Waals surface area contributed by atoms with Gasteiger partial charge in [0.15, 0.2) is 10.7 Å². The first kappa shape index (κ1) is 25.9. The van der Waals surface area contributed by atoms with Gasteiger partial charge in [0.25, 0.3) is 0 Å². The van der Waals surface area contributed by atoms with E-state index in [1.165, 1.54) is 6.08 Å². The van der Waals surface area contributed by atoms with Gasteiger partial charge in [-0.2, -0.15) is 0 Å². The van der Waals surface area contributed by atoms with Crippen molar-refractivity contribution < 1.29 is 18.7 Å². The Balaban J connectivity index is 1.41. The molecule has 2 N–H and O–H groups in total. The molecule has 0 saturated heterocycles.